The molecule has 3 heterocycles. The van der Waals surface area contributed by atoms with E-state index in [4.69, 9.17) is 14.2 Å². The summed E-state index contributed by atoms with van der Waals surface area (Å²) < 4.78 is 15.3. The number of carbonyl (C=O) groups excluding carboxylic acids is 3. The molecule has 0 amide bonds. The van der Waals surface area contributed by atoms with Gasteiger partial charge in [0.05, 0.1) is 39.2 Å². The van der Waals surface area contributed by atoms with Crippen molar-refractivity contribution in [3.63, 3.8) is 0 Å². The molecule has 41 heavy (non-hydrogen) atoms. The quantitative estimate of drug-likeness (QED) is 0.296. The molecule has 11 nitrogen and oxygen atoms in total. The SMILES string of the molecule is CNCCN1CCOCC1.COC(=O)C(C)(Cc1ccccn1)C(=O)C(C)(C(=O)OC)[C@H](c1ccccn1)N(C)C. The van der Waals surface area contributed by atoms with Gasteiger partial charge in [0, 0.05) is 50.7 Å². The summed E-state index contributed by atoms with van der Waals surface area (Å²) >= 11 is 0. The molecule has 0 aromatic carbocycles. The van der Waals surface area contributed by atoms with Gasteiger partial charge in [0.15, 0.2) is 5.78 Å². The highest BCUT2D eigenvalue weighted by atomic mass is 16.5. The maximum atomic E-state index is 14.1. The first-order valence-corrected chi connectivity index (χ1v) is 13.7. The van der Waals surface area contributed by atoms with E-state index in [0.29, 0.717) is 11.4 Å². The van der Waals surface area contributed by atoms with Crippen LogP contribution in [0.1, 0.15) is 31.3 Å². The molecule has 1 fully saturated rings. The normalized spacial score (nSPS) is 17.3. The lowest BCUT2D eigenvalue weighted by Gasteiger charge is -2.41. The maximum absolute atomic E-state index is 14.1. The van der Waals surface area contributed by atoms with Crippen LogP contribution in [-0.2, 0) is 35.0 Å². The number of hydrogen-bond acceptors (Lipinski definition) is 11. The molecule has 0 aliphatic carbocycles. The summed E-state index contributed by atoms with van der Waals surface area (Å²) in [5, 5.41) is 3.13. The Labute approximate surface area is 243 Å². The van der Waals surface area contributed by atoms with Gasteiger partial charge in [-0.25, -0.2) is 0 Å². The molecule has 2 aromatic rings. The molecule has 0 spiro atoms. The first kappa shape index (κ1) is 34.0. The zero-order valence-corrected chi connectivity index (χ0v) is 25.4. The van der Waals surface area contributed by atoms with Crippen LogP contribution in [0.25, 0.3) is 0 Å². The minimum atomic E-state index is -1.76. The monoisotopic (exact) mass is 571 g/mol. The Morgan fingerprint density at radius 2 is 1.61 bits per heavy atom. The van der Waals surface area contributed by atoms with E-state index in [9.17, 15) is 14.4 Å². The van der Waals surface area contributed by atoms with Crippen LogP contribution in [0, 0.1) is 10.8 Å². The van der Waals surface area contributed by atoms with Gasteiger partial charge in [-0.15, -0.1) is 0 Å². The molecule has 0 bridgehead atoms. The van der Waals surface area contributed by atoms with E-state index >= 15 is 0 Å². The van der Waals surface area contributed by atoms with Crippen LogP contribution in [-0.4, -0.2) is 112 Å². The summed E-state index contributed by atoms with van der Waals surface area (Å²) in [5.74, 6) is -2.15. The third-order valence-electron chi connectivity index (χ3n) is 7.29. The summed E-state index contributed by atoms with van der Waals surface area (Å²) in [5.41, 5.74) is -2.42. The Morgan fingerprint density at radius 3 is 2.10 bits per heavy atom. The molecule has 3 rings (SSSR count). The highest BCUT2D eigenvalue weighted by molar-refractivity contribution is 6.14. The molecule has 1 saturated heterocycles. The zero-order valence-electron chi connectivity index (χ0n) is 25.4. The van der Waals surface area contributed by atoms with Crippen LogP contribution < -0.4 is 5.32 Å². The highest BCUT2D eigenvalue weighted by Gasteiger charge is 2.59. The van der Waals surface area contributed by atoms with Gasteiger partial charge in [-0.2, -0.15) is 0 Å². The Hall–Kier alpha value is -3.25. The van der Waals surface area contributed by atoms with Crippen molar-refractivity contribution >= 4 is 17.7 Å². The first-order valence-electron chi connectivity index (χ1n) is 13.7. The van der Waals surface area contributed by atoms with Crippen molar-refractivity contribution in [2.75, 3.05) is 74.8 Å². The molecule has 1 aliphatic rings. The lowest BCUT2D eigenvalue weighted by atomic mass is 9.65. The Kier molecular flexibility index (Phi) is 13.5. The summed E-state index contributed by atoms with van der Waals surface area (Å²) in [4.78, 5) is 52.9. The predicted molar refractivity (Wildman–Crippen MR) is 155 cm³/mol. The van der Waals surface area contributed by atoms with E-state index in [2.05, 4.69) is 20.2 Å². The van der Waals surface area contributed by atoms with Gasteiger partial charge in [0.2, 0.25) is 0 Å². The molecule has 0 saturated carbocycles. The fourth-order valence-electron chi connectivity index (χ4n) is 5.16. The average Bonchev–Trinajstić information content (AvgIpc) is 3.00. The number of rotatable bonds is 12. The van der Waals surface area contributed by atoms with E-state index in [-0.39, 0.29) is 6.42 Å². The van der Waals surface area contributed by atoms with Gasteiger partial charge in [-0.3, -0.25) is 34.2 Å². The van der Waals surface area contributed by atoms with Crippen molar-refractivity contribution in [2.45, 2.75) is 26.3 Å². The number of esters is 2. The van der Waals surface area contributed by atoms with Crippen LogP contribution in [0.5, 0.6) is 0 Å². The van der Waals surface area contributed by atoms with E-state index in [1.165, 1.54) is 28.1 Å². The predicted octanol–water partition coefficient (Wildman–Crippen LogP) is 1.79. The molecule has 1 N–H and O–H groups in total. The van der Waals surface area contributed by atoms with Crippen molar-refractivity contribution in [3.05, 3.63) is 60.2 Å². The second-order valence-corrected chi connectivity index (χ2v) is 10.5. The number of methoxy groups -OCH3 is 2. The molecule has 3 atom stereocenters. The minimum Gasteiger partial charge on any atom is -0.468 e. The fraction of sp³-hybridized carbons (Fsp3) is 0.567. The number of likely N-dealkylation sites (N-methyl/N-ethyl adjacent to an activating group) is 1. The van der Waals surface area contributed by atoms with E-state index in [1.807, 2.05) is 7.05 Å². The summed E-state index contributed by atoms with van der Waals surface area (Å²) in [6, 6.07) is 9.67. The molecule has 1 aliphatic heterocycles. The van der Waals surface area contributed by atoms with Gasteiger partial charge < -0.3 is 19.5 Å². The number of pyridine rings is 2. The second kappa shape index (κ2) is 16.3. The standard InChI is InChI=1S/C23H29N3O5.C7H16N2O/c1-22(20(28)30-5,15-16-11-7-9-13-24-16)19(27)23(2,21(29)31-6)18(26(3)4)17-12-8-10-14-25-17;1-8-2-3-9-4-6-10-7-5-9/h7-14,18H,15H2,1-6H3;8H,2-7H2,1H3/t18-,22?,23?;/m0./s1. The Bertz CT molecular complexity index is 1100. The fourth-order valence-corrected chi connectivity index (χ4v) is 5.16. The van der Waals surface area contributed by atoms with Crippen LogP contribution in [0.2, 0.25) is 0 Å². The topological polar surface area (TPSA) is 123 Å². The minimum absolute atomic E-state index is 0.0334. The third-order valence-corrected chi connectivity index (χ3v) is 7.29. The van der Waals surface area contributed by atoms with Crippen molar-refractivity contribution in [3.8, 4) is 0 Å². The van der Waals surface area contributed by atoms with E-state index < -0.39 is 34.6 Å². The van der Waals surface area contributed by atoms with Gasteiger partial charge in [0.1, 0.15) is 10.8 Å². The molecule has 226 valence electrons. The molecule has 0 radical (unpaired) electrons. The number of ether oxygens (including phenoxy) is 3. The van der Waals surface area contributed by atoms with Crippen molar-refractivity contribution < 1.29 is 28.6 Å². The lowest BCUT2D eigenvalue weighted by Crippen LogP contribution is -2.56. The average molecular weight is 572 g/mol. The number of nitrogens with zero attached hydrogens (tertiary/aromatic N) is 4. The van der Waals surface area contributed by atoms with Crippen molar-refractivity contribution in [1.29, 1.82) is 0 Å². The zero-order chi connectivity index (χ0) is 30.5. The number of ketones is 1. The van der Waals surface area contributed by atoms with Crippen LogP contribution in [0.4, 0.5) is 0 Å². The molecular formula is C30H45N5O6. The number of aromatic nitrogens is 2. The van der Waals surface area contributed by atoms with Gasteiger partial charge in [0.25, 0.3) is 0 Å². The number of hydrogen-bond donors (Lipinski definition) is 1. The Balaban J connectivity index is 0.000000493. The van der Waals surface area contributed by atoms with E-state index in [0.717, 1.165) is 39.4 Å². The van der Waals surface area contributed by atoms with Crippen LogP contribution in [0.3, 0.4) is 0 Å². The number of Topliss-reactive ketones (excluding diaryl/α,β-unsaturated/α-hetero) is 1. The molecule has 11 heteroatoms. The smallest absolute Gasteiger partial charge is 0.321 e. The maximum Gasteiger partial charge on any atom is 0.321 e. The summed E-state index contributed by atoms with van der Waals surface area (Å²) in [7, 11) is 7.89. The summed E-state index contributed by atoms with van der Waals surface area (Å²) in [6.45, 7) is 9.21. The van der Waals surface area contributed by atoms with Crippen molar-refractivity contribution in [1.82, 2.24) is 25.1 Å². The third kappa shape index (κ3) is 8.62. The summed E-state index contributed by atoms with van der Waals surface area (Å²) in [6.07, 6.45) is 3.13. The van der Waals surface area contributed by atoms with Gasteiger partial charge in [-0.1, -0.05) is 12.1 Å². The van der Waals surface area contributed by atoms with Crippen LogP contribution in [0.15, 0.2) is 48.8 Å². The number of nitrogens with one attached hydrogen (secondary N) is 1. The molecule has 2 aromatic heterocycles. The Morgan fingerprint density at radius 1 is 1.00 bits per heavy atom. The van der Waals surface area contributed by atoms with Gasteiger partial charge >= 0.3 is 11.9 Å². The first-order chi connectivity index (χ1) is 19.6. The lowest BCUT2D eigenvalue weighted by molar-refractivity contribution is -0.171. The van der Waals surface area contributed by atoms with E-state index in [1.54, 1.807) is 67.8 Å². The largest absolute Gasteiger partial charge is 0.468 e. The number of carbonyl (C=O) groups is 3. The van der Waals surface area contributed by atoms with Crippen molar-refractivity contribution in [2.24, 2.45) is 10.8 Å². The molecule has 2 unspecified atom stereocenters. The molecular weight excluding hydrogens is 526 g/mol. The second-order valence-electron chi connectivity index (χ2n) is 10.5. The van der Waals surface area contributed by atoms with Crippen LogP contribution >= 0.6 is 0 Å². The number of morpholine rings is 1. The van der Waals surface area contributed by atoms with Gasteiger partial charge in [-0.05, 0) is 59.3 Å². The highest BCUT2D eigenvalue weighted by Crippen LogP contribution is 2.44.